The molecule has 2 aromatic rings. The van der Waals surface area contributed by atoms with E-state index in [4.69, 9.17) is 4.74 Å². The molecule has 1 saturated heterocycles. The highest BCUT2D eigenvalue weighted by Crippen LogP contribution is 2.12. The van der Waals surface area contributed by atoms with E-state index in [-0.39, 0.29) is 18.1 Å². The minimum absolute atomic E-state index is 0.0975. The Kier molecular flexibility index (Phi) is 6.31. The number of rotatable bonds is 7. The molecule has 1 aromatic heterocycles. The van der Waals surface area contributed by atoms with Gasteiger partial charge in [0.15, 0.2) is 0 Å². The Balaban J connectivity index is 1.51. The summed E-state index contributed by atoms with van der Waals surface area (Å²) in [4.78, 5) is 6.22. The van der Waals surface area contributed by atoms with E-state index in [1.165, 1.54) is 12.1 Å². The zero-order valence-corrected chi connectivity index (χ0v) is 15.2. The maximum atomic E-state index is 13.0. The lowest BCUT2D eigenvalue weighted by atomic mass is 10.2. The zero-order valence-electron chi connectivity index (χ0n) is 14.3. The van der Waals surface area contributed by atoms with Crippen LogP contribution < -0.4 is 4.72 Å². The highest BCUT2D eigenvalue weighted by molar-refractivity contribution is 7.89. The van der Waals surface area contributed by atoms with E-state index in [1.807, 2.05) is 6.07 Å². The van der Waals surface area contributed by atoms with Gasteiger partial charge in [-0.3, -0.25) is 9.88 Å². The molecule has 140 valence electrons. The van der Waals surface area contributed by atoms with Crippen LogP contribution in [0.25, 0.3) is 0 Å². The van der Waals surface area contributed by atoms with E-state index in [0.717, 1.165) is 12.1 Å². The van der Waals surface area contributed by atoms with Crippen molar-refractivity contribution in [2.24, 2.45) is 0 Å². The number of benzene rings is 1. The van der Waals surface area contributed by atoms with Gasteiger partial charge in [-0.15, -0.1) is 0 Å². The smallest absolute Gasteiger partial charge is 0.214 e. The summed E-state index contributed by atoms with van der Waals surface area (Å²) in [5.74, 6) is -0.363. The Hall–Kier alpha value is -1.87. The van der Waals surface area contributed by atoms with Gasteiger partial charge in [-0.25, -0.2) is 17.5 Å². The van der Waals surface area contributed by atoms with Crippen molar-refractivity contribution in [2.45, 2.75) is 19.2 Å². The summed E-state index contributed by atoms with van der Waals surface area (Å²) in [7, 11) is -3.47. The van der Waals surface area contributed by atoms with Crippen molar-refractivity contribution < 1.29 is 17.5 Å². The van der Waals surface area contributed by atoms with Gasteiger partial charge < -0.3 is 4.74 Å². The van der Waals surface area contributed by atoms with Crippen LogP contribution in [0.3, 0.4) is 0 Å². The summed E-state index contributed by atoms with van der Waals surface area (Å²) in [5.41, 5.74) is 1.65. The Morgan fingerprint density at radius 3 is 2.77 bits per heavy atom. The van der Waals surface area contributed by atoms with Gasteiger partial charge >= 0.3 is 0 Å². The van der Waals surface area contributed by atoms with E-state index in [1.54, 1.807) is 30.5 Å². The quantitative estimate of drug-likeness (QED) is 0.790. The molecule has 1 N–H and O–H groups in total. The average molecular weight is 379 g/mol. The SMILES string of the molecule is O=S(=O)(CC1CN(Cc2ccc(F)cc2)CCO1)NCc1ccccn1. The van der Waals surface area contributed by atoms with Gasteiger partial charge in [-0.05, 0) is 29.8 Å². The Morgan fingerprint density at radius 2 is 2.04 bits per heavy atom. The predicted octanol–water partition coefficient (Wildman–Crippen LogP) is 1.54. The fourth-order valence-corrected chi connectivity index (χ4v) is 4.04. The number of halogens is 1. The first-order valence-corrected chi connectivity index (χ1v) is 10.1. The molecule has 26 heavy (non-hydrogen) atoms. The lowest BCUT2D eigenvalue weighted by Gasteiger charge is -2.32. The topological polar surface area (TPSA) is 71.5 Å². The molecule has 1 aromatic carbocycles. The van der Waals surface area contributed by atoms with Gasteiger partial charge in [-0.2, -0.15) is 0 Å². The molecule has 1 atom stereocenters. The second-order valence-corrected chi connectivity index (χ2v) is 8.13. The molecule has 1 fully saturated rings. The normalized spacial score (nSPS) is 18.7. The van der Waals surface area contributed by atoms with Crippen LogP contribution in [-0.4, -0.2) is 49.9 Å². The number of ether oxygens (including phenoxy) is 1. The Morgan fingerprint density at radius 1 is 1.23 bits per heavy atom. The molecule has 0 saturated carbocycles. The van der Waals surface area contributed by atoms with Crippen molar-refractivity contribution in [1.82, 2.24) is 14.6 Å². The average Bonchev–Trinajstić information content (AvgIpc) is 2.63. The summed E-state index contributed by atoms with van der Waals surface area (Å²) in [6, 6.07) is 11.7. The molecular formula is C18H22FN3O3S. The maximum absolute atomic E-state index is 13.0. The van der Waals surface area contributed by atoms with Crippen molar-refractivity contribution in [3.63, 3.8) is 0 Å². The van der Waals surface area contributed by atoms with Gasteiger partial charge in [0.1, 0.15) is 5.82 Å². The molecular weight excluding hydrogens is 357 g/mol. The van der Waals surface area contributed by atoms with Crippen molar-refractivity contribution in [3.05, 3.63) is 65.7 Å². The summed E-state index contributed by atoms with van der Waals surface area (Å²) >= 11 is 0. The number of sulfonamides is 1. The monoisotopic (exact) mass is 379 g/mol. The van der Waals surface area contributed by atoms with E-state index >= 15 is 0 Å². The first kappa shape index (κ1) is 18.9. The van der Waals surface area contributed by atoms with Crippen molar-refractivity contribution >= 4 is 10.0 Å². The summed E-state index contributed by atoms with van der Waals surface area (Å²) < 4.78 is 45.8. The van der Waals surface area contributed by atoms with Crippen LogP contribution >= 0.6 is 0 Å². The second kappa shape index (κ2) is 8.68. The van der Waals surface area contributed by atoms with Crippen LogP contribution in [-0.2, 0) is 27.8 Å². The van der Waals surface area contributed by atoms with Crippen LogP contribution in [0.15, 0.2) is 48.7 Å². The molecule has 0 bridgehead atoms. The zero-order chi connectivity index (χ0) is 18.4. The highest BCUT2D eigenvalue weighted by atomic mass is 32.2. The number of pyridine rings is 1. The van der Waals surface area contributed by atoms with Gasteiger partial charge in [0, 0.05) is 25.8 Å². The number of aromatic nitrogens is 1. The summed E-state index contributed by atoms with van der Waals surface area (Å²) in [6.45, 7) is 2.51. The molecule has 1 aliphatic rings. The third kappa shape index (κ3) is 5.84. The number of morpholine rings is 1. The minimum atomic E-state index is -3.47. The van der Waals surface area contributed by atoms with Crippen molar-refractivity contribution in [2.75, 3.05) is 25.4 Å². The molecule has 8 heteroatoms. The standard InChI is InChI=1S/C18H22FN3O3S/c19-16-6-4-15(5-7-16)12-22-9-10-25-18(13-22)14-26(23,24)21-11-17-3-1-2-8-20-17/h1-8,18,21H,9-14H2. The third-order valence-corrected chi connectivity index (χ3v) is 5.54. The molecule has 1 aliphatic heterocycles. The van der Waals surface area contributed by atoms with E-state index in [9.17, 15) is 12.8 Å². The fraction of sp³-hybridized carbons (Fsp3) is 0.389. The molecule has 3 rings (SSSR count). The largest absolute Gasteiger partial charge is 0.374 e. The molecule has 2 heterocycles. The summed E-state index contributed by atoms with van der Waals surface area (Å²) in [5, 5.41) is 0. The first-order valence-electron chi connectivity index (χ1n) is 8.46. The molecule has 1 unspecified atom stereocenters. The van der Waals surface area contributed by atoms with Crippen LogP contribution in [0.2, 0.25) is 0 Å². The maximum Gasteiger partial charge on any atom is 0.214 e. The van der Waals surface area contributed by atoms with Crippen LogP contribution in [0.5, 0.6) is 0 Å². The van der Waals surface area contributed by atoms with Crippen molar-refractivity contribution in [3.8, 4) is 0 Å². The van der Waals surface area contributed by atoms with E-state index < -0.39 is 16.1 Å². The Bertz CT molecular complexity index is 800. The lowest BCUT2D eigenvalue weighted by molar-refractivity contribution is -0.0195. The van der Waals surface area contributed by atoms with Crippen LogP contribution in [0.1, 0.15) is 11.3 Å². The van der Waals surface area contributed by atoms with Gasteiger partial charge in [0.05, 0.1) is 30.7 Å². The summed E-state index contributed by atoms with van der Waals surface area (Å²) in [6.07, 6.45) is 1.23. The highest BCUT2D eigenvalue weighted by Gasteiger charge is 2.25. The number of hydrogen-bond donors (Lipinski definition) is 1. The van der Waals surface area contributed by atoms with Crippen molar-refractivity contribution in [1.29, 1.82) is 0 Å². The second-order valence-electron chi connectivity index (χ2n) is 6.28. The minimum Gasteiger partial charge on any atom is -0.374 e. The lowest BCUT2D eigenvalue weighted by Crippen LogP contribution is -2.46. The molecule has 0 aliphatic carbocycles. The molecule has 6 nitrogen and oxygen atoms in total. The number of nitrogens with zero attached hydrogens (tertiary/aromatic N) is 2. The predicted molar refractivity (Wildman–Crippen MR) is 96.3 cm³/mol. The molecule has 0 amide bonds. The number of nitrogens with one attached hydrogen (secondary N) is 1. The van der Waals surface area contributed by atoms with Gasteiger partial charge in [0.25, 0.3) is 0 Å². The van der Waals surface area contributed by atoms with Crippen LogP contribution in [0.4, 0.5) is 4.39 Å². The third-order valence-electron chi connectivity index (χ3n) is 4.15. The van der Waals surface area contributed by atoms with Gasteiger partial charge in [-0.1, -0.05) is 18.2 Å². The Labute approximate surface area is 153 Å². The molecule has 0 radical (unpaired) electrons. The van der Waals surface area contributed by atoms with Gasteiger partial charge in [0.2, 0.25) is 10.0 Å². The van der Waals surface area contributed by atoms with Crippen LogP contribution in [0, 0.1) is 5.82 Å². The van der Waals surface area contributed by atoms with E-state index in [2.05, 4.69) is 14.6 Å². The fourth-order valence-electron chi connectivity index (χ4n) is 2.86. The first-order chi connectivity index (χ1) is 12.5. The molecule has 0 spiro atoms. The van der Waals surface area contributed by atoms with E-state index in [0.29, 0.717) is 25.4 Å². The number of hydrogen-bond acceptors (Lipinski definition) is 5.